The Kier molecular flexibility index (Phi) is 6.95. The van der Waals surface area contributed by atoms with Crippen LogP contribution in [0.3, 0.4) is 0 Å². The van der Waals surface area contributed by atoms with E-state index in [-0.39, 0.29) is 5.82 Å². The second-order valence-electron chi connectivity index (χ2n) is 10.4. The van der Waals surface area contributed by atoms with Gasteiger partial charge < -0.3 is 10.3 Å². The molecule has 4 heterocycles. The number of H-pyrrole nitrogens is 1. The lowest BCUT2D eigenvalue weighted by molar-refractivity contribution is 0.405. The van der Waals surface area contributed by atoms with Gasteiger partial charge in [0.05, 0.1) is 22.9 Å². The molecular formula is C33H31FN6. The summed E-state index contributed by atoms with van der Waals surface area (Å²) in [6.45, 7) is 10.1. The molecule has 0 spiro atoms. The third-order valence-electron chi connectivity index (χ3n) is 7.65. The molecule has 1 saturated carbocycles. The van der Waals surface area contributed by atoms with Gasteiger partial charge in [0.25, 0.3) is 0 Å². The average molecular weight is 531 g/mol. The van der Waals surface area contributed by atoms with Crippen LogP contribution in [0.25, 0.3) is 22.4 Å². The maximum Gasteiger partial charge on any atom is 0.157 e. The number of benzene rings is 1. The standard InChI is InChI=1S/C33H31FN6/c1-4-9-26(23-12-8-13-35-17-23)31-21(3)38-33(40-31)32-28-15-27(29(34)16-30(28)39-32)24-14-25(19-36-18-24)37-20(2)22-10-6-5-7-11-22/h4,8-9,12-19,22,37H,1-2,5-7,10-11H2,3H3,(H,38,40)/b26-9-. The molecule has 4 aromatic rings. The molecule has 3 aromatic heterocycles. The van der Waals surface area contributed by atoms with E-state index in [1.807, 2.05) is 37.3 Å². The minimum absolute atomic E-state index is 0.337. The molecule has 0 atom stereocenters. The zero-order chi connectivity index (χ0) is 27.6. The topological polar surface area (TPSA) is 78.8 Å². The van der Waals surface area contributed by atoms with Crippen molar-refractivity contribution < 1.29 is 4.39 Å². The minimum atomic E-state index is -0.337. The van der Waals surface area contributed by atoms with Crippen molar-refractivity contribution in [3.8, 4) is 11.1 Å². The number of allylic oxidation sites excluding steroid dienone is 3. The Hall–Kier alpha value is -4.65. The van der Waals surface area contributed by atoms with Crippen LogP contribution in [0.15, 0.2) is 91.1 Å². The van der Waals surface area contributed by atoms with Gasteiger partial charge in [0.2, 0.25) is 0 Å². The predicted molar refractivity (Wildman–Crippen MR) is 157 cm³/mol. The lowest BCUT2D eigenvalue weighted by atomic mass is 9.87. The summed E-state index contributed by atoms with van der Waals surface area (Å²) < 4.78 is 15.2. The number of rotatable bonds is 8. The number of anilines is 1. The molecule has 200 valence electrons. The Balaban J connectivity index is 1.33. The maximum absolute atomic E-state index is 15.2. The number of halogens is 1. The van der Waals surface area contributed by atoms with Crippen LogP contribution >= 0.6 is 0 Å². The smallest absolute Gasteiger partial charge is 0.157 e. The molecule has 0 bridgehead atoms. The Morgan fingerprint density at radius 3 is 2.73 bits per heavy atom. The molecule has 0 amide bonds. The highest BCUT2D eigenvalue weighted by Crippen LogP contribution is 2.31. The van der Waals surface area contributed by atoms with E-state index in [4.69, 9.17) is 4.98 Å². The molecule has 1 aliphatic heterocycles. The summed E-state index contributed by atoms with van der Waals surface area (Å²) in [6, 6.07) is 9.12. The Morgan fingerprint density at radius 2 is 1.95 bits per heavy atom. The highest BCUT2D eigenvalue weighted by atomic mass is 19.1. The first-order chi connectivity index (χ1) is 19.5. The maximum atomic E-state index is 15.2. The molecule has 0 unspecified atom stereocenters. The monoisotopic (exact) mass is 530 g/mol. The number of fused-ring (bicyclic) bond motifs is 1. The summed E-state index contributed by atoms with van der Waals surface area (Å²) >= 11 is 0. The molecule has 7 heteroatoms. The van der Waals surface area contributed by atoms with Gasteiger partial charge in [0.15, 0.2) is 5.82 Å². The van der Waals surface area contributed by atoms with E-state index < -0.39 is 0 Å². The van der Waals surface area contributed by atoms with Crippen molar-refractivity contribution in [3.05, 3.63) is 125 Å². The van der Waals surface area contributed by atoms with Crippen molar-refractivity contribution in [1.82, 2.24) is 19.9 Å². The first-order valence-corrected chi connectivity index (χ1v) is 13.7. The normalized spacial score (nSPS) is 15.2. The van der Waals surface area contributed by atoms with Crippen LogP contribution in [0.2, 0.25) is 0 Å². The zero-order valence-corrected chi connectivity index (χ0v) is 22.5. The van der Waals surface area contributed by atoms with Crippen molar-refractivity contribution in [2.45, 2.75) is 39.0 Å². The molecule has 40 heavy (non-hydrogen) atoms. The minimum Gasteiger partial charge on any atom is -0.358 e. The average Bonchev–Trinajstić information content (AvgIpc) is 3.34. The molecule has 2 N–H and O–H groups in total. The summed E-state index contributed by atoms with van der Waals surface area (Å²) in [4.78, 5) is 21.5. The van der Waals surface area contributed by atoms with Crippen LogP contribution in [0.5, 0.6) is 0 Å². The molecular weight excluding hydrogens is 499 g/mol. The number of nitrogens with zero attached hydrogens (tertiary/aromatic N) is 4. The van der Waals surface area contributed by atoms with Gasteiger partial charge in [0, 0.05) is 63.5 Å². The lowest BCUT2D eigenvalue weighted by Crippen LogP contribution is -2.36. The van der Waals surface area contributed by atoms with Gasteiger partial charge in [-0.1, -0.05) is 50.6 Å². The fourth-order valence-electron chi connectivity index (χ4n) is 5.56. The summed E-state index contributed by atoms with van der Waals surface area (Å²) in [6.07, 6.45) is 16.7. The third-order valence-corrected chi connectivity index (χ3v) is 7.65. The molecule has 2 aliphatic rings. The fourth-order valence-corrected chi connectivity index (χ4v) is 5.56. The lowest BCUT2D eigenvalue weighted by Gasteiger charge is -2.24. The highest BCUT2D eigenvalue weighted by Gasteiger charge is 2.21. The summed E-state index contributed by atoms with van der Waals surface area (Å²) in [5.41, 5.74) is 7.22. The Morgan fingerprint density at radius 1 is 1.10 bits per heavy atom. The number of hydrogen-bond donors (Lipinski definition) is 2. The number of imidazole rings is 1. The summed E-state index contributed by atoms with van der Waals surface area (Å²) in [5.74, 6) is 0.760. The second-order valence-corrected chi connectivity index (χ2v) is 10.4. The number of hydrogen-bond acceptors (Lipinski definition) is 5. The van der Waals surface area contributed by atoms with Crippen LogP contribution in [0.4, 0.5) is 10.1 Å². The van der Waals surface area contributed by atoms with Crippen LogP contribution in [-0.2, 0) is 0 Å². The molecule has 6 rings (SSSR count). The van der Waals surface area contributed by atoms with Crippen LogP contribution < -0.4 is 15.9 Å². The number of aromatic amines is 1. The molecule has 0 saturated heterocycles. The molecule has 1 fully saturated rings. The van der Waals surface area contributed by atoms with Crippen LogP contribution in [0, 0.1) is 18.7 Å². The molecule has 0 radical (unpaired) electrons. The van der Waals surface area contributed by atoms with Gasteiger partial charge in [-0.15, -0.1) is 0 Å². The van der Waals surface area contributed by atoms with Gasteiger partial charge in [-0.2, -0.15) is 0 Å². The quantitative estimate of drug-likeness (QED) is 0.265. The van der Waals surface area contributed by atoms with Crippen LogP contribution in [0.1, 0.15) is 54.9 Å². The largest absolute Gasteiger partial charge is 0.358 e. The van der Waals surface area contributed by atoms with E-state index in [1.165, 1.54) is 25.3 Å². The summed E-state index contributed by atoms with van der Waals surface area (Å²) in [5, 5.41) is 4.87. The third kappa shape index (κ3) is 4.91. The van der Waals surface area contributed by atoms with Crippen molar-refractivity contribution in [3.63, 3.8) is 0 Å². The molecule has 6 nitrogen and oxygen atoms in total. The number of nitrogens with one attached hydrogen (secondary N) is 2. The van der Waals surface area contributed by atoms with Crippen LogP contribution in [-0.4, -0.2) is 19.9 Å². The van der Waals surface area contributed by atoms with Gasteiger partial charge in [-0.3, -0.25) is 9.97 Å². The van der Waals surface area contributed by atoms with Gasteiger partial charge in [0.1, 0.15) is 11.5 Å². The SMILES string of the molecule is C=C/C=C(/c1cccnc1)c1nc(C2=c3cc(-c4cncc(NC(=C)C5CCCCC5)c4)c(F)cc3=N2)[nH]c1C. The molecule has 1 aromatic carbocycles. The van der Waals surface area contributed by atoms with Crippen molar-refractivity contribution in [1.29, 1.82) is 0 Å². The van der Waals surface area contributed by atoms with E-state index in [9.17, 15) is 0 Å². The highest BCUT2D eigenvalue weighted by molar-refractivity contribution is 5.81. The Labute approximate surface area is 232 Å². The van der Waals surface area contributed by atoms with Crippen molar-refractivity contribution in [2.75, 3.05) is 5.32 Å². The van der Waals surface area contributed by atoms with Crippen molar-refractivity contribution in [2.24, 2.45) is 10.9 Å². The van der Waals surface area contributed by atoms with E-state index in [1.54, 1.807) is 30.9 Å². The van der Waals surface area contributed by atoms with Gasteiger partial charge in [-0.05, 0) is 43.9 Å². The second kappa shape index (κ2) is 10.8. The van der Waals surface area contributed by atoms with E-state index in [0.717, 1.165) is 52.0 Å². The summed E-state index contributed by atoms with van der Waals surface area (Å²) in [7, 11) is 0. The zero-order valence-electron chi connectivity index (χ0n) is 22.5. The first kappa shape index (κ1) is 25.6. The predicted octanol–water partition coefficient (Wildman–Crippen LogP) is 6.23. The fraction of sp³-hybridized carbons (Fsp3) is 0.212. The van der Waals surface area contributed by atoms with E-state index >= 15 is 4.39 Å². The Bertz CT molecular complexity index is 1760. The number of aryl methyl sites for hydroxylation is 1. The molecule has 1 aliphatic carbocycles. The first-order valence-electron chi connectivity index (χ1n) is 13.7. The number of pyridine rings is 2. The van der Waals surface area contributed by atoms with E-state index in [2.05, 4.69) is 38.4 Å². The van der Waals surface area contributed by atoms with Crippen molar-refractivity contribution >= 4 is 17.0 Å². The number of aromatic nitrogens is 4. The van der Waals surface area contributed by atoms with E-state index in [0.29, 0.717) is 33.9 Å². The van der Waals surface area contributed by atoms with Gasteiger partial charge >= 0.3 is 0 Å². The van der Waals surface area contributed by atoms with Gasteiger partial charge in [-0.25, -0.2) is 14.4 Å².